The third-order valence-electron chi connectivity index (χ3n) is 3.32. The van der Waals surface area contributed by atoms with Gasteiger partial charge in [-0.25, -0.2) is 0 Å². The summed E-state index contributed by atoms with van der Waals surface area (Å²) in [7, 11) is 0. The van der Waals surface area contributed by atoms with E-state index in [9.17, 15) is 0 Å². The van der Waals surface area contributed by atoms with Crippen LogP contribution in [-0.2, 0) is 3.07 Å². The quantitative estimate of drug-likeness (QED) is 0.509. The second kappa shape index (κ2) is 9.19. The second-order valence-corrected chi connectivity index (χ2v) is 11.0. The molecule has 105 valence electrons. The van der Waals surface area contributed by atoms with Gasteiger partial charge in [-0.05, 0) is 0 Å². The van der Waals surface area contributed by atoms with Crippen molar-refractivity contribution in [1.29, 1.82) is 0 Å². The molecule has 0 aliphatic carbocycles. The number of rotatable bonds is 8. The van der Waals surface area contributed by atoms with E-state index in [0.717, 1.165) is 6.61 Å². The normalized spacial score (nSPS) is 10.9. The van der Waals surface area contributed by atoms with Crippen molar-refractivity contribution >= 4 is 27.3 Å². The van der Waals surface area contributed by atoms with Gasteiger partial charge in [0.1, 0.15) is 0 Å². The zero-order valence-corrected chi connectivity index (χ0v) is 15.1. The van der Waals surface area contributed by atoms with Crippen LogP contribution in [0.3, 0.4) is 0 Å². The minimum absolute atomic E-state index is 0.915. The van der Waals surface area contributed by atoms with E-state index in [1.165, 1.54) is 32.8 Å². The summed E-state index contributed by atoms with van der Waals surface area (Å²) in [6.45, 7) is 3.16. The Morgan fingerprint density at radius 1 is 0.750 bits per heavy atom. The molecule has 0 atom stereocenters. The third kappa shape index (κ3) is 4.95. The van der Waals surface area contributed by atoms with Crippen LogP contribution in [0.25, 0.3) is 0 Å². The van der Waals surface area contributed by atoms with E-state index in [0.29, 0.717) is 0 Å². The molecule has 0 bridgehead atoms. The molecule has 20 heavy (non-hydrogen) atoms. The predicted octanol–water partition coefficient (Wildman–Crippen LogP) is 3.39. The number of hydrogen-bond donors (Lipinski definition) is 0. The van der Waals surface area contributed by atoms with E-state index in [1.807, 2.05) is 0 Å². The van der Waals surface area contributed by atoms with Crippen molar-refractivity contribution < 1.29 is 3.07 Å². The molecule has 0 spiro atoms. The first-order valence-electron chi connectivity index (χ1n) is 7.52. The molecule has 0 aliphatic rings. The van der Waals surface area contributed by atoms with Gasteiger partial charge >= 0.3 is 130 Å². The Morgan fingerprint density at radius 3 is 1.80 bits per heavy atom. The maximum atomic E-state index is 6.36. The number of unbranched alkanes of at least 4 members (excludes halogenated alkanes) is 3. The first-order valence-corrected chi connectivity index (χ1v) is 11.5. The van der Waals surface area contributed by atoms with Crippen molar-refractivity contribution in [3.63, 3.8) is 0 Å². The van der Waals surface area contributed by atoms with Crippen molar-refractivity contribution in [2.24, 2.45) is 0 Å². The zero-order chi connectivity index (χ0) is 14.0. The molecule has 1 radical (unpaired) electrons. The Kier molecular flexibility index (Phi) is 7.16. The second-order valence-electron chi connectivity index (χ2n) is 4.97. The van der Waals surface area contributed by atoms with Gasteiger partial charge in [0.15, 0.2) is 0 Å². The Bertz CT molecular complexity index is 430. The van der Waals surface area contributed by atoms with Crippen LogP contribution in [0.2, 0.25) is 0 Å². The minimum atomic E-state index is -2.15. The van der Waals surface area contributed by atoms with Gasteiger partial charge < -0.3 is 0 Å². The molecule has 2 rings (SSSR count). The zero-order valence-electron chi connectivity index (χ0n) is 12.2. The maximum absolute atomic E-state index is 6.36. The summed E-state index contributed by atoms with van der Waals surface area (Å²) in [5.74, 6) is 0. The first kappa shape index (κ1) is 15.6. The van der Waals surface area contributed by atoms with Crippen molar-refractivity contribution in [3.05, 3.63) is 60.7 Å². The summed E-state index contributed by atoms with van der Waals surface area (Å²) < 4.78 is 9.21. The number of hydrogen-bond acceptors (Lipinski definition) is 1. The Labute approximate surface area is 130 Å². The Balaban J connectivity index is 2.02. The SMILES string of the molecule is CCCCCC[O][Sn]([c]1ccccc1)[c]1ccccc1. The first-order chi connectivity index (χ1) is 9.92. The fourth-order valence-electron chi connectivity index (χ4n) is 2.22. The van der Waals surface area contributed by atoms with Crippen LogP contribution in [-0.4, -0.2) is 26.8 Å². The molecule has 2 aromatic rings. The molecule has 0 N–H and O–H groups in total. The van der Waals surface area contributed by atoms with Gasteiger partial charge in [-0.1, -0.05) is 0 Å². The predicted molar refractivity (Wildman–Crippen MR) is 88.0 cm³/mol. The molecule has 0 heterocycles. The molecule has 0 unspecified atom stereocenters. The topological polar surface area (TPSA) is 9.23 Å². The standard InChI is InChI=1S/C6H13O.2C6H5.Sn/c1-2-3-4-5-6-7;2*1-2-4-6-5-3-1;/h2-6H2,1H3;2*1-5H;/q-1;;;+1. The molecule has 2 heteroatoms. The molecule has 0 aromatic heterocycles. The molecule has 0 saturated carbocycles. The third-order valence-corrected chi connectivity index (χ3v) is 9.62. The fourth-order valence-corrected chi connectivity index (χ4v) is 7.94. The molecule has 0 amide bonds. The van der Waals surface area contributed by atoms with Gasteiger partial charge in [-0.15, -0.1) is 0 Å². The van der Waals surface area contributed by atoms with Crippen molar-refractivity contribution in [1.82, 2.24) is 0 Å². The summed E-state index contributed by atoms with van der Waals surface area (Å²) in [6, 6.07) is 21.6. The molecule has 2 aromatic carbocycles. The van der Waals surface area contributed by atoms with Crippen LogP contribution < -0.4 is 7.16 Å². The van der Waals surface area contributed by atoms with Crippen LogP contribution >= 0.6 is 0 Å². The summed E-state index contributed by atoms with van der Waals surface area (Å²) in [6.07, 6.45) is 5.08. The van der Waals surface area contributed by atoms with Gasteiger partial charge in [0, 0.05) is 0 Å². The van der Waals surface area contributed by atoms with E-state index in [1.54, 1.807) is 0 Å². The van der Waals surface area contributed by atoms with Gasteiger partial charge in [-0.2, -0.15) is 0 Å². The average Bonchev–Trinajstić information content (AvgIpc) is 2.53. The Morgan fingerprint density at radius 2 is 1.30 bits per heavy atom. The van der Waals surface area contributed by atoms with Crippen molar-refractivity contribution in [2.75, 3.05) is 6.61 Å². The van der Waals surface area contributed by atoms with Gasteiger partial charge in [-0.3, -0.25) is 0 Å². The van der Waals surface area contributed by atoms with Gasteiger partial charge in [0.25, 0.3) is 0 Å². The molecular formula is C18H23OSn. The van der Waals surface area contributed by atoms with E-state index < -0.39 is 20.2 Å². The monoisotopic (exact) mass is 375 g/mol. The van der Waals surface area contributed by atoms with Crippen molar-refractivity contribution in [3.8, 4) is 0 Å². The molecule has 0 saturated heterocycles. The van der Waals surface area contributed by atoms with Crippen LogP contribution in [0.1, 0.15) is 32.6 Å². The van der Waals surface area contributed by atoms with Crippen molar-refractivity contribution in [2.45, 2.75) is 32.6 Å². The summed E-state index contributed by atoms with van der Waals surface area (Å²) in [5, 5.41) is 0. The van der Waals surface area contributed by atoms with E-state index in [4.69, 9.17) is 3.07 Å². The molecule has 1 nitrogen and oxygen atoms in total. The summed E-state index contributed by atoms with van der Waals surface area (Å²) in [5.41, 5.74) is 0. The molecule has 0 aliphatic heterocycles. The molecular weight excluding hydrogens is 351 g/mol. The van der Waals surface area contributed by atoms with Gasteiger partial charge in [0.2, 0.25) is 0 Å². The molecule has 0 fully saturated rings. The van der Waals surface area contributed by atoms with Gasteiger partial charge in [0.05, 0.1) is 0 Å². The van der Waals surface area contributed by atoms with E-state index >= 15 is 0 Å². The van der Waals surface area contributed by atoms with Crippen LogP contribution in [0.4, 0.5) is 0 Å². The fraction of sp³-hybridized carbons (Fsp3) is 0.333. The summed E-state index contributed by atoms with van der Waals surface area (Å²) >= 11 is -2.15. The van der Waals surface area contributed by atoms with Crippen LogP contribution in [0, 0.1) is 0 Å². The average molecular weight is 374 g/mol. The van der Waals surface area contributed by atoms with Crippen LogP contribution in [0.5, 0.6) is 0 Å². The van der Waals surface area contributed by atoms with Crippen LogP contribution in [0.15, 0.2) is 60.7 Å². The van der Waals surface area contributed by atoms with E-state index in [2.05, 4.69) is 67.6 Å². The van der Waals surface area contributed by atoms with E-state index in [-0.39, 0.29) is 0 Å². The number of benzene rings is 2. The Hall–Kier alpha value is -0.801. The summed E-state index contributed by atoms with van der Waals surface area (Å²) in [4.78, 5) is 0.